The lowest BCUT2D eigenvalue weighted by Crippen LogP contribution is -2.52. The van der Waals surface area contributed by atoms with E-state index >= 15 is 0 Å². The number of amides is 3. The second-order valence-electron chi connectivity index (χ2n) is 7.77. The Balaban J connectivity index is 1.62. The number of nitrogens with one attached hydrogen (secondary N) is 2. The first-order valence-corrected chi connectivity index (χ1v) is 11.3. The van der Waals surface area contributed by atoms with Crippen molar-refractivity contribution in [2.75, 3.05) is 34.2 Å². The fourth-order valence-electron chi connectivity index (χ4n) is 3.16. The fourth-order valence-corrected chi connectivity index (χ4v) is 4.38. The highest BCUT2D eigenvalue weighted by Crippen LogP contribution is 2.24. The molecule has 0 fully saturated rings. The normalized spacial score (nSPS) is 14.6. The molecule has 1 aromatic heterocycles. The smallest absolute Gasteiger partial charge is 0.280 e. The maximum absolute atomic E-state index is 12.8. The van der Waals surface area contributed by atoms with E-state index in [0.717, 1.165) is 35.6 Å². The van der Waals surface area contributed by atoms with Gasteiger partial charge in [0.2, 0.25) is 11.8 Å². The summed E-state index contributed by atoms with van der Waals surface area (Å²) in [5, 5.41) is 6.34. The lowest BCUT2D eigenvalue weighted by molar-refractivity contribution is -0.130. The lowest BCUT2D eigenvalue weighted by atomic mass is 10.2. The topological polar surface area (TPSA) is 94.6 Å². The summed E-state index contributed by atoms with van der Waals surface area (Å²) in [6, 6.07) is 6.13. The molecule has 1 atom stereocenters. The van der Waals surface area contributed by atoms with Gasteiger partial charge in [-0.25, -0.2) is 4.98 Å². The first-order valence-electron chi connectivity index (χ1n) is 10.1. The van der Waals surface area contributed by atoms with Crippen LogP contribution in [0.5, 0.6) is 0 Å². The summed E-state index contributed by atoms with van der Waals surface area (Å²) in [6.07, 6.45) is 3.81. The van der Waals surface area contributed by atoms with E-state index in [1.165, 1.54) is 22.3 Å². The number of thiazole rings is 1. The van der Waals surface area contributed by atoms with Crippen molar-refractivity contribution < 1.29 is 14.4 Å². The van der Waals surface area contributed by atoms with E-state index in [4.69, 9.17) is 11.6 Å². The van der Waals surface area contributed by atoms with Crippen molar-refractivity contribution in [2.24, 2.45) is 0 Å². The quantitative estimate of drug-likeness (QED) is 0.595. The van der Waals surface area contributed by atoms with Crippen LogP contribution in [0.3, 0.4) is 0 Å². The third-order valence-electron chi connectivity index (χ3n) is 4.94. The van der Waals surface area contributed by atoms with Crippen LogP contribution < -0.4 is 10.6 Å². The van der Waals surface area contributed by atoms with Crippen molar-refractivity contribution in [2.45, 2.75) is 19.0 Å². The van der Waals surface area contributed by atoms with Crippen LogP contribution in [0, 0.1) is 0 Å². The van der Waals surface area contributed by atoms with Crippen LogP contribution in [0.15, 0.2) is 30.3 Å². The summed E-state index contributed by atoms with van der Waals surface area (Å²) in [4.78, 5) is 46.7. The van der Waals surface area contributed by atoms with Crippen LogP contribution in [0.2, 0.25) is 5.02 Å². The molecular weight excluding hydrogens is 450 g/mol. The Morgan fingerprint density at radius 2 is 2.00 bits per heavy atom. The van der Waals surface area contributed by atoms with Gasteiger partial charge in [0.25, 0.3) is 5.91 Å². The molecule has 0 bridgehead atoms. The predicted molar refractivity (Wildman–Crippen MR) is 126 cm³/mol. The van der Waals surface area contributed by atoms with Gasteiger partial charge in [0, 0.05) is 56.1 Å². The Bertz CT molecular complexity index is 1020. The standard InChI is InChI=1S/C22H26ClN5O3S/c1-27(2)22(31)17(12-24-19(29)9-6-14-4-7-15(23)8-5-14)25-20(30)21-26-16-10-11-28(3)13-18(16)32-21/h4-9,17H,10-13H2,1-3H3,(H,24,29)(H,25,30)/b9-6+. The molecule has 0 radical (unpaired) electrons. The molecule has 1 aromatic carbocycles. The summed E-state index contributed by atoms with van der Waals surface area (Å²) in [5.41, 5.74) is 1.76. The van der Waals surface area contributed by atoms with Gasteiger partial charge in [0.15, 0.2) is 5.01 Å². The minimum atomic E-state index is -0.908. The van der Waals surface area contributed by atoms with Gasteiger partial charge in [0.1, 0.15) is 6.04 Å². The molecule has 0 saturated heterocycles. The Kier molecular flexibility index (Phi) is 8.00. The molecule has 32 heavy (non-hydrogen) atoms. The number of aromatic nitrogens is 1. The average molecular weight is 476 g/mol. The van der Waals surface area contributed by atoms with E-state index in [9.17, 15) is 14.4 Å². The van der Waals surface area contributed by atoms with Crippen LogP contribution in [0.4, 0.5) is 0 Å². The molecule has 2 heterocycles. The molecule has 1 aliphatic heterocycles. The SMILES string of the molecule is CN1CCc2nc(C(=O)NC(CNC(=O)/C=C/c3ccc(Cl)cc3)C(=O)N(C)C)sc2C1. The van der Waals surface area contributed by atoms with Gasteiger partial charge in [-0.1, -0.05) is 23.7 Å². The number of nitrogens with zero attached hydrogens (tertiary/aromatic N) is 3. The molecule has 3 amide bonds. The molecule has 2 N–H and O–H groups in total. The largest absolute Gasteiger partial charge is 0.350 e. The van der Waals surface area contributed by atoms with Crippen LogP contribution in [0.1, 0.15) is 25.9 Å². The van der Waals surface area contributed by atoms with Crippen molar-refractivity contribution in [3.63, 3.8) is 0 Å². The first-order chi connectivity index (χ1) is 15.2. The zero-order valence-electron chi connectivity index (χ0n) is 18.2. The highest BCUT2D eigenvalue weighted by Gasteiger charge is 2.26. The Labute approximate surface area is 196 Å². The van der Waals surface area contributed by atoms with E-state index < -0.39 is 11.9 Å². The Morgan fingerprint density at radius 3 is 2.69 bits per heavy atom. The highest BCUT2D eigenvalue weighted by molar-refractivity contribution is 7.13. The monoisotopic (exact) mass is 475 g/mol. The van der Waals surface area contributed by atoms with Crippen LogP contribution >= 0.6 is 22.9 Å². The maximum atomic E-state index is 12.8. The summed E-state index contributed by atoms with van der Waals surface area (Å²) in [5.74, 6) is -1.11. The van der Waals surface area contributed by atoms with Gasteiger partial charge in [-0.3, -0.25) is 14.4 Å². The van der Waals surface area contributed by atoms with Gasteiger partial charge in [0.05, 0.1) is 5.69 Å². The summed E-state index contributed by atoms with van der Waals surface area (Å²) < 4.78 is 0. The van der Waals surface area contributed by atoms with Crippen molar-refractivity contribution >= 4 is 46.7 Å². The summed E-state index contributed by atoms with van der Waals surface area (Å²) in [6.45, 7) is 1.62. The maximum Gasteiger partial charge on any atom is 0.280 e. The lowest BCUT2D eigenvalue weighted by Gasteiger charge is -2.21. The van der Waals surface area contributed by atoms with Crippen molar-refractivity contribution in [1.29, 1.82) is 0 Å². The third-order valence-corrected chi connectivity index (χ3v) is 6.27. The van der Waals surface area contributed by atoms with E-state index in [1.807, 2.05) is 7.05 Å². The Morgan fingerprint density at radius 1 is 1.28 bits per heavy atom. The van der Waals surface area contributed by atoms with Crippen molar-refractivity contribution in [3.05, 3.63) is 56.5 Å². The van der Waals surface area contributed by atoms with Crippen LogP contribution in [-0.4, -0.2) is 72.8 Å². The molecule has 3 rings (SSSR count). The van der Waals surface area contributed by atoms with Crippen LogP contribution in [-0.2, 0) is 22.6 Å². The van der Waals surface area contributed by atoms with Gasteiger partial charge in [-0.2, -0.15) is 0 Å². The number of rotatable bonds is 7. The summed E-state index contributed by atoms with van der Waals surface area (Å²) in [7, 11) is 5.22. The molecule has 170 valence electrons. The van der Waals surface area contributed by atoms with Gasteiger partial charge in [-0.15, -0.1) is 11.3 Å². The average Bonchev–Trinajstić information content (AvgIpc) is 3.18. The van der Waals surface area contributed by atoms with Crippen LogP contribution in [0.25, 0.3) is 6.08 Å². The molecule has 2 aromatic rings. The minimum absolute atomic E-state index is 0.0413. The van der Waals surface area contributed by atoms with Gasteiger partial charge >= 0.3 is 0 Å². The molecule has 10 heteroatoms. The second-order valence-corrected chi connectivity index (χ2v) is 9.29. The molecular formula is C22H26ClN5O3S. The van der Waals surface area contributed by atoms with Gasteiger partial charge in [-0.05, 0) is 30.8 Å². The number of hydrogen-bond donors (Lipinski definition) is 2. The molecule has 1 aliphatic rings. The number of fused-ring (bicyclic) bond motifs is 1. The molecule has 0 saturated carbocycles. The van der Waals surface area contributed by atoms with Crippen molar-refractivity contribution in [1.82, 2.24) is 25.4 Å². The minimum Gasteiger partial charge on any atom is -0.350 e. The number of likely N-dealkylation sites (N-methyl/N-ethyl adjacent to an activating group) is 2. The second kappa shape index (κ2) is 10.7. The zero-order chi connectivity index (χ0) is 23.3. The zero-order valence-corrected chi connectivity index (χ0v) is 19.8. The van der Waals surface area contributed by atoms with E-state index in [1.54, 1.807) is 44.4 Å². The highest BCUT2D eigenvalue weighted by atomic mass is 35.5. The number of halogens is 1. The molecule has 8 nitrogen and oxygen atoms in total. The van der Waals surface area contributed by atoms with E-state index in [0.29, 0.717) is 10.0 Å². The fraction of sp³-hybridized carbons (Fsp3) is 0.364. The van der Waals surface area contributed by atoms with Gasteiger partial charge < -0.3 is 20.4 Å². The summed E-state index contributed by atoms with van der Waals surface area (Å²) >= 11 is 7.20. The number of carbonyl (C=O) groups excluding carboxylic acids is 3. The molecule has 0 spiro atoms. The number of benzene rings is 1. The molecule has 0 aliphatic carbocycles. The van der Waals surface area contributed by atoms with E-state index in [2.05, 4.69) is 20.5 Å². The predicted octanol–water partition coefficient (Wildman–Crippen LogP) is 1.80. The third kappa shape index (κ3) is 6.38. The van der Waals surface area contributed by atoms with E-state index in [-0.39, 0.29) is 18.4 Å². The number of carbonyl (C=O) groups is 3. The van der Waals surface area contributed by atoms with Crippen molar-refractivity contribution in [3.8, 4) is 0 Å². The molecule has 1 unspecified atom stereocenters. The first kappa shape index (κ1) is 23.9. The number of hydrogen-bond acceptors (Lipinski definition) is 6. The Hall–Kier alpha value is -2.75.